The Labute approximate surface area is 147 Å². The number of aryl methyl sites for hydroxylation is 1. The van der Waals surface area contributed by atoms with E-state index in [4.69, 9.17) is 5.73 Å². The number of halogens is 3. The molecule has 0 aliphatic heterocycles. The van der Waals surface area contributed by atoms with E-state index in [1.165, 1.54) is 0 Å². The van der Waals surface area contributed by atoms with Gasteiger partial charge in [0.05, 0.1) is 5.69 Å². The SMILES string of the molecule is CNc1cc(C2CC(NC(=O)c3cc(C(F)(F)F)n(C)n3)C2)nc(N)n1. The number of aromatic nitrogens is 4. The van der Waals surface area contributed by atoms with E-state index in [2.05, 4.69) is 25.7 Å². The number of carbonyl (C=O) groups is 1. The Morgan fingerprint density at radius 2 is 2.00 bits per heavy atom. The molecule has 11 heteroatoms. The van der Waals surface area contributed by atoms with Gasteiger partial charge >= 0.3 is 6.18 Å². The first kappa shape index (κ1) is 18.0. The van der Waals surface area contributed by atoms with Crippen molar-refractivity contribution in [1.29, 1.82) is 0 Å². The van der Waals surface area contributed by atoms with Crippen molar-refractivity contribution >= 4 is 17.7 Å². The van der Waals surface area contributed by atoms with Crippen LogP contribution in [-0.2, 0) is 13.2 Å². The third-order valence-electron chi connectivity index (χ3n) is 4.31. The second kappa shape index (κ2) is 6.46. The molecule has 0 saturated heterocycles. The van der Waals surface area contributed by atoms with Crippen LogP contribution >= 0.6 is 0 Å². The van der Waals surface area contributed by atoms with Crippen LogP contribution in [0.4, 0.5) is 24.9 Å². The molecule has 3 rings (SSSR count). The van der Waals surface area contributed by atoms with Crippen molar-refractivity contribution in [2.75, 3.05) is 18.1 Å². The lowest BCUT2D eigenvalue weighted by molar-refractivity contribution is -0.143. The summed E-state index contributed by atoms with van der Waals surface area (Å²) in [5, 5.41) is 9.23. The minimum atomic E-state index is -4.56. The number of hydrogen-bond donors (Lipinski definition) is 3. The van der Waals surface area contributed by atoms with Crippen molar-refractivity contribution in [1.82, 2.24) is 25.1 Å². The average molecular weight is 369 g/mol. The minimum Gasteiger partial charge on any atom is -0.373 e. The van der Waals surface area contributed by atoms with Crippen LogP contribution in [-0.4, -0.2) is 38.7 Å². The number of carbonyl (C=O) groups excluding carboxylic acids is 1. The van der Waals surface area contributed by atoms with Crippen LogP contribution in [0.3, 0.4) is 0 Å². The monoisotopic (exact) mass is 369 g/mol. The average Bonchev–Trinajstić information content (AvgIpc) is 2.91. The number of hydrogen-bond acceptors (Lipinski definition) is 6. The fourth-order valence-electron chi connectivity index (χ4n) is 2.90. The standard InChI is InChI=1S/C15H18F3N7O/c1-20-12-6-9(22-14(19)23-12)7-3-8(4-7)21-13(26)10-5-11(15(16,17)18)25(2)24-10/h5-8H,3-4H2,1-2H3,(H,21,26)(H3,19,20,22,23). The summed E-state index contributed by atoms with van der Waals surface area (Å²) in [6.07, 6.45) is -3.32. The predicted molar refractivity (Wildman–Crippen MR) is 87.4 cm³/mol. The van der Waals surface area contributed by atoms with Crippen molar-refractivity contribution in [2.24, 2.45) is 7.05 Å². The number of nitrogens with two attached hydrogens (primary N) is 1. The van der Waals surface area contributed by atoms with Crippen molar-refractivity contribution in [3.8, 4) is 0 Å². The van der Waals surface area contributed by atoms with Gasteiger partial charge in [0.25, 0.3) is 5.91 Å². The minimum absolute atomic E-state index is 0.104. The molecule has 26 heavy (non-hydrogen) atoms. The van der Waals surface area contributed by atoms with Gasteiger partial charge in [0.1, 0.15) is 11.5 Å². The molecule has 1 saturated carbocycles. The molecule has 0 atom stereocenters. The summed E-state index contributed by atoms with van der Waals surface area (Å²) < 4.78 is 39.0. The molecule has 8 nitrogen and oxygen atoms in total. The second-order valence-electron chi connectivity index (χ2n) is 6.16. The van der Waals surface area contributed by atoms with E-state index in [1.54, 1.807) is 13.1 Å². The first-order valence-electron chi connectivity index (χ1n) is 7.91. The zero-order valence-corrected chi connectivity index (χ0v) is 14.1. The van der Waals surface area contributed by atoms with Gasteiger partial charge in [-0.3, -0.25) is 9.48 Å². The third kappa shape index (κ3) is 3.55. The summed E-state index contributed by atoms with van der Waals surface area (Å²) in [6.45, 7) is 0. The molecule has 0 bridgehead atoms. The number of nitrogens with one attached hydrogen (secondary N) is 2. The van der Waals surface area contributed by atoms with Crippen LogP contribution in [0.15, 0.2) is 12.1 Å². The molecule has 0 aromatic carbocycles. The highest BCUT2D eigenvalue weighted by Gasteiger charge is 2.37. The Hall–Kier alpha value is -2.85. The maximum Gasteiger partial charge on any atom is 0.433 e. The Bertz CT molecular complexity index is 827. The summed E-state index contributed by atoms with van der Waals surface area (Å²) in [4.78, 5) is 20.3. The Balaban J connectivity index is 1.61. The lowest BCUT2D eigenvalue weighted by Gasteiger charge is -2.35. The summed E-state index contributed by atoms with van der Waals surface area (Å²) in [5.74, 6) is 0.241. The summed E-state index contributed by atoms with van der Waals surface area (Å²) >= 11 is 0. The zero-order valence-electron chi connectivity index (χ0n) is 14.1. The van der Waals surface area contributed by atoms with Gasteiger partial charge in [0, 0.05) is 38.2 Å². The van der Waals surface area contributed by atoms with E-state index in [1.807, 2.05) is 0 Å². The highest BCUT2D eigenvalue weighted by molar-refractivity contribution is 5.92. The number of alkyl halides is 3. The van der Waals surface area contributed by atoms with E-state index in [-0.39, 0.29) is 23.6 Å². The molecular weight excluding hydrogens is 351 g/mol. The summed E-state index contributed by atoms with van der Waals surface area (Å²) in [6, 6.07) is 2.38. The van der Waals surface area contributed by atoms with Crippen LogP contribution in [0.5, 0.6) is 0 Å². The second-order valence-corrected chi connectivity index (χ2v) is 6.16. The van der Waals surface area contributed by atoms with Gasteiger partial charge in [-0.15, -0.1) is 0 Å². The fourth-order valence-corrected chi connectivity index (χ4v) is 2.90. The van der Waals surface area contributed by atoms with Crippen molar-refractivity contribution in [2.45, 2.75) is 31.0 Å². The third-order valence-corrected chi connectivity index (χ3v) is 4.31. The topological polar surface area (TPSA) is 111 Å². The quantitative estimate of drug-likeness (QED) is 0.754. The van der Waals surface area contributed by atoms with Crippen LogP contribution in [0.25, 0.3) is 0 Å². The van der Waals surface area contributed by atoms with Gasteiger partial charge < -0.3 is 16.4 Å². The lowest BCUT2D eigenvalue weighted by Crippen LogP contribution is -2.43. The molecule has 1 aliphatic carbocycles. The van der Waals surface area contributed by atoms with Crippen molar-refractivity contribution in [3.63, 3.8) is 0 Å². The van der Waals surface area contributed by atoms with Gasteiger partial charge in [-0.2, -0.15) is 23.3 Å². The van der Waals surface area contributed by atoms with Crippen LogP contribution < -0.4 is 16.4 Å². The van der Waals surface area contributed by atoms with E-state index >= 15 is 0 Å². The zero-order chi connectivity index (χ0) is 19.1. The molecule has 140 valence electrons. The van der Waals surface area contributed by atoms with E-state index in [9.17, 15) is 18.0 Å². The van der Waals surface area contributed by atoms with Crippen molar-refractivity contribution in [3.05, 3.63) is 29.2 Å². The number of nitrogen functional groups attached to an aromatic ring is 1. The Morgan fingerprint density at radius 3 is 2.58 bits per heavy atom. The molecule has 2 heterocycles. The van der Waals surface area contributed by atoms with Crippen molar-refractivity contribution < 1.29 is 18.0 Å². The highest BCUT2D eigenvalue weighted by atomic mass is 19.4. The van der Waals surface area contributed by atoms with Gasteiger partial charge in [-0.05, 0) is 12.8 Å². The highest BCUT2D eigenvalue weighted by Crippen LogP contribution is 2.37. The lowest BCUT2D eigenvalue weighted by atomic mass is 9.78. The predicted octanol–water partition coefficient (Wildman–Crippen LogP) is 1.53. The summed E-state index contributed by atoms with van der Waals surface area (Å²) in [5.41, 5.74) is 5.20. The molecule has 1 fully saturated rings. The maximum absolute atomic E-state index is 12.8. The number of nitrogens with zero attached hydrogens (tertiary/aromatic N) is 4. The van der Waals surface area contributed by atoms with Crippen LogP contribution in [0, 0.1) is 0 Å². The molecule has 0 radical (unpaired) electrons. The molecule has 2 aromatic rings. The van der Waals surface area contributed by atoms with Gasteiger partial charge in [0.15, 0.2) is 5.69 Å². The summed E-state index contributed by atoms with van der Waals surface area (Å²) in [7, 11) is 2.87. The smallest absolute Gasteiger partial charge is 0.373 e. The molecule has 0 unspecified atom stereocenters. The van der Waals surface area contributed by atoms with Gasteiger partial charge in [-0.25, -0.2) is 4.98 Å². The van der Waals surface area contributed by atoms with E-state index < -0.39 is 17.8 Å². The Morgan fingerprint density at radius 1 is 1.31 bits per heavy atom. The first-order chi connectivity index (χ1) is 12.2. The molecule has 2 aromatic heterocycles. The molecule has 0 spiro atoms. The Kier molecular flexibility index (Phi) is 4.46. The molecule has 1 aliphatic rings. The number of amides is 1. The van der Waals surface area contributed by atoms with Crippen LogP contribution in [0.2, 0.25) is 0 Å². The molecule has 4 N–H and O–H groups in total. The first-order valence-corrected chi connectivity index (χ1v) is 7.91. The molecular formula is C15H18F3N7O. The largest absolute Gasteiger partial charge is 0.433 e. The number of anilines is 2. The van der Waals surface area contributed by atoms with E-state index in [0.29, 0.717) is 23.3 Å². The fraction of sp³-hybridized carbons (Fsp3) is 0.467. The number of rotatable bonds is 4. The van der Waals surface area contributed by atoms with Crippen LogP contribution in [0.1, 0.15) is 40.6 Å². The van der Waals surface area contributed by atoms with Gasteiger partial charge in [0.2, 0.25) is 5.95 Å². The van der Waals surface area contributed by atoms with Gasteiger partial charge in [-0.1, -0.05) is 0 Å². The van der Waals surface area contributed by atoms with E-state index in [0.717, 1.165) is 18.8 Å². The molecule has 1 amide bonds. The normalized spacial score (nSPS) is 19.7. The maximum atomic E-state index is 12.8.